The van der Waals surface area contributed by atoms with Gasteiger partial charge in [0, 0.05) is 0 Å². The molecule has 3 heterocycles. The Morgan fingerprint density at radius 2 is 0.868 bits per heavy atom. The normalized spacial score (nSPS) is 11.9. The fraction of sp³-hybridized carbons (Fsp3) is 0. The summed E-state index contributed by atoms with van der Waals surface area (Å²) in [5.41, 5.74) is 12.4. The van der Waals surface area contributed by atoms with Crippen LogP contribution >= 0.6 is 0 Å². The molecule has 6 heteroatoms. The molecule has 0 amide bonds. The summed E-state index contributed by atoms with van der Waals surface area (Å²) in [7, 11) is 0. The number of anilines is 6. The Labute approximate surface area is 405 Å². The molecule has 0 atom stereocenters. The summed E-state index contributed by atoms with van der Waals surface area (Å²) in [4.78, 5) is 4.76. The summed E-state index contributed by atoms with van der Waals surface area (Å²) in [6.07, 6.45) is 0. The zero-order chi connectivity index (χ0) is 44.9. The van der Waals surface area contributed by atoms with E-state index in [1.54, 1.807) is 0 Å². The summed E-state index contributed by atoms with van der Waals surface area (Å²) in [6.45, 7) is 0. The van der Waals surface area contributed by atoms with Crippen LogP contribution in [0.25, 0.3) is 95.8 Å². The van der Waals surface area contributed by atoms with Gasteiger partial charge in [-0.15, -0.1) is 0 Å². The summed E-state index contributed by atoms with van der Waals surface area (Å²) >= 11 is 3.63. The van der Waals surface area contributed by atoms with E-state index in [-0.39, 0.29) is 14.5 Å². The zero-order valence-electron chi connectivity index (χ0n) is 36.4. The Morgan fingerprint density at radius 3 is 1.49 bits per heavy atom. The minimum absolute atomic E-state index is 0.197. The second kappa shape index (κ2) is 15.6. The molecule has 0 spiro atoms. The topological polar surface area (TPSA) is 32.8 Å². The van der Waals surface area contributed by atoms with Crippen LogP contribution in [0.4, 0.5) is 34.1 Å². The number of benzene rings is 11. The molecule has 11 aromatic carbocycles. The van der Waals surface area contributed by atoms with Crippen molar-refractivity contribution in [3.05, 3.63) is 224 Å². The molecule has 0 aliphatic carbocycles. The second-order valence-corrected chi connectivity index (χ2v) is 20.5. The molecule has 0 N–H and O–H groups in total. The molecule has 0 aliphatic heterocycles. The summed E-state index contributed by atoms with van der Waals surface area (Å²) in [6, 6.07) is 80.7. The first kappa shape index (κ1) is 39.4. The average molecular weight is 1000 g/mol. The van der Waals surface area contributed by atoms with E-state index in [4.69, 9.17) is 8.83 Å². The third-order valence-corrected chi connectivity index (χ3v) is 16.9. The molecule has 319 valence electrons. The molecule has 0 aliphatic rings. The molecule has 3 aromatic heterocycles. The van der Waals surface area contributed by atoms with Crippen LogP contribution in [0.1, 0.15) is 0 Å². The molecular formula is C62H37N2O2Se2. The number of hydrogen-bond acceptors (Lipinski definition) is 4. The Morgan fingerprint density at radius 1 is 0.353 bits per heavy atom. The quantitative estimate of drug-likeness (QED) is 0.149. The van der Waals surface area contributed by atoms with Gasteiger partial charge in [-0.25, -0.2) is 0 Å². The standard InChI is InChI=1S/C62H37N2O2Se2/c67-61-47(38-14-4-1-5-15-38)21-12-23-52(61)63(43-16-6-2-7-17-43)45-28-26-39-34-50-56(36-41(39)32-45)65-54-30-31-55-60(59(50)54)51-35-40-27-29-46(33-42(40)37-57(51)66-55)64(44-18-8-3-9-19-44)53-24-13-22-49-48-20-10-11-25-58(48)68-62(49)53/h1-37H. The van der Waals surface area contributed by atoms with Gasteiger partial charge in [-0.1, -0.05) is 0 Å². The predicted octanol–water partition coefficient (Wildman–Crippen LogP) is 16.6. The zero-order valence-corrected chi connectivity index (χ0v) is 39.8. The summed E-state index contributed by atoms with van der Waals surface area (Å²) in [5, 5.41) is 11.5. The maximum atomic E-state index is 6.75. The SMILES string of the molecule is [Se]c1c(-c2ccccc2)cccc1N(c1ccccc1)c1ccc2cc3c(cc2c1)oc1ccc2oc4cc5cc(N(c6ccccc6)c6cccc7c6[se]c6ccccc67)ccc5cc4c2c13. The van der Waals surface area contributed by atoms with Gasteiger partial charge >= 0.3 is 408 Å². The average Bonchev–Trinajstić information content (AvgIpc) is 4.07. The number of hydrogen-bond donors (Lipinski definition) is 0. The number of para-hydroxylation sites is 2. The molecule has 14 aromatic rings. The summed E-state index contributed by atoms with van der Waals surface area (Å²) < 4.78 is 17.4. The van der Waals surface area contributed by atoms with E-state index in [2.05, 4.69) is 250 Å². The third-order valence-electron chi connectivity index (χ3n) is 13.4. The Kier molecular flexibility index (Phi) is 9.05. The van der Waals surface area contributed by atoms with Gasteiger partial charge in [0.05, 0.1) is 0 Å². The van der Waals surface area contributed by atoms with Gasteiger partial charge in [0.1, 0.15) is 0 Å². The van der Waals surface area contributed by atoms with Crippen molar-refractivity contribution in [3.63, 3.8) is 0 Å². The van der Waals surface area contributed by atoms with Crippen LogP contribution in [0.15, 0.2) is 233 Å². The van der Waals surface area contributed by atoms with E-state index >= 15 is 0 Å². The molecular weight excluding hydrogens is 963 g/mol. The van der Waals surface area contributed by atoms with E-state index in [9.17, 15) is 0 Å². The van der Waals surface area contributed by atoms with Crippen LogP contribution in [-0.2, 0) is 0 Å². The molecule has 0 saturated heterocycles. The summed E-state index contributed by atoms with van der Waals surface area (Å²) in [5.74, 6) is 0. The first-order chi connectivity index (χ1) is 33.6. The number of furan rings is 2. The van der Waals surface area contributed by atoms with Crippen molar-refractivity contribution in [1.82, 2.24) is 0 Å². The molecule has 4 nitrogen and oxygen atoms in total. The van der Waals surface area contributed by atoms with Crippen LogP contribution in [0.2, 0.25) is 0 Å². The van der Waals surface area contributed by atoms with Gasteiger partial charge < -0.3 is 0 Å². The van der Waals surface area contributed by atoms with E-state index in [1.807, 2.05) is 0 Å². The van der Waals surface area contributed by atoms with Crippen molar-refractivity contribution >= 4 is 154 Å². The Hall–Kier alpha value is -7.82. The number of nitrogens with zero attached hydrogens (tertiary/aromatic N) is 2. The van der Waals surface area contributed by atoms with Crippen molar-refractivity contribution in [2.45, 2.75) is 0 Å². The molecule has 14 rings (SSSR count). The monoisotopic (exact) mass is 1000 g/mol. The van der Waals surface area contributed by atoms with Crippen molar-refractivity contribution in [2.75, 3.05) is 9.80 Å². The fourth-order valence-electron chi connectivity index (χ4n) is 10.3. The second-order valence-electron chi connectivity index (χ2n) is 17.4. The maximum absolute atomic E-state index is 6.75. The van der Waals surface area contributed by atoms with Gasteiger partial charge in [-0.05, 0) is 0 Å². The van der Waals surface area contributed by atoms with Crippen LogP contribution < -0.4 is 14.3 Å². The van der Waals surface area contributed by atoms with Crippen LogP contribution in [-0.4, -0.2) is 30.5 Å². The van der Waals surface area contributed by atoms with Crippen molar-refractivity contribution in [2.24, 2.45) is 0 Å². The molecule has 68 heavy (non-hydrogen) atoms. The third kappa shape index (κ3) is 6.27. The Bertz CT molecular complexity index is 4290. The molecule has 0 saturated carbocycles. The molecule has 0 fully saturated rings. The first-order valence-corrected chi connectivity index (χ1v) is 25.3. The van der Waals surface area contributed by atoms with Crippen LogP contribution in [0, 0.1) is 0 Å². The van der Waals surface area contributed by atoms with Gasteiger partial charge in [0.2, 0.25) is 0 Å². The van der Waals surface area contributed by atoms with Gasteiger partial charge in [0.15, 0.2) is 0 Å². The first-order valence-electron chi connectivity index (χ1n) is 22.8. The Balaban J connectivity index is 0.893. The van der Waals surface area contributed by atoms with E-state index < -0.39 is 0 Å². The predicted molar refractivity (Wildman–Crippen MR) is 288 cm³/mol. The molecule has 0 unspecified atom stereocenters. The number of rotatable bonds is 7. The van der Waals surface area contributed by atoms with E-state index in [1.165, 1.54) is 30.5 Å². The van der Waals surface area contributed by atoms with Crippen LogP contribution in [0.3, 0.4) is 0 Å². The fourth-order valence-corrected chi connectivity index (χ4v) is 13.6. The van der Waals surface area contributed by atoms with Crippen molar-refractivity contribution in [3.8, 4) is 11.1 Å². The number of fused-ring (bicyclic) bond motifs is 12. The van der Waals surface area contributed by atoms with Gasteiger partial charge in [-0.2, -0.15) is 0 Å². The van der Waals surface area contributed by atoms with Gasteiger partial charge in [0.25, 0.3) is 0 Å². The molecule has 0 bridgehead atoms. The van der Waals surface area contributed by atoms with Crippen molar-refractivity contribution < 1.29 is 8.83 Å². The van der Waals surface area contributed by atoms with Crippen LogP contribution in [0.5, 0.6) is 0 Å². The molecule has 1 radical (unpaired) electrons. The minimum atomic E-state index is 0.197. The van der Waals surface area contributed by atoms with E-state index in [0.29, 0.717) is 0 Å². The van der Waals surface area contributed by atoms with Crippen molar-refractivity contribution in [1.29, 1.82) is 0 Å². The van der Waals surface area contributed by atoms with E-state index in [0.717, 1.165) is 104 Å². The van der Waals surface area contributed by atoms with Gasteiger partial charge in [-0.3, -0.25) is 0 Å².